The molecule has 1 heterocycles. The van der Waals surface area contributed by atoms with E-state index in [0.29, 0.717) is 0 Å². The van der Waals surface area contributed by atoms with Crippen LogP contribution in [0, 0.1) is 0 Å². The van der Waals surface area contributed by atoms with Crippen molar-refractivity contribution in [1.82, 2.24) is 10.4 Å². The molecule has 0 radical (unpaired) electrons. The highest BCUT2D eigenvalue weighted by atomic mass is 32.2. The van der Waals surface area contributed by atoms with Gasteiger partial charge in [0.15, 0.2) is 4.34 Å². The molecule has 6 heteroatoms. The summed E-state index contributed by atoms with van der Waals surface area (Å²) >= 11 is 3.12. The summed E-state index contributed by atoms with van der Waals surface area (Å²) in [6, 6.07) is 18.1. The van der Waals surface area contributed by atoms with Crippen molar-refractivity contribution in [3.63, 3.8) is 0 Å². The van der Waals surface area contributed by atoms with Gasteiger partial charge in [-0.15, -0.1) is 11.3 Å². The minimum Gasteiger partial charge on any atom is -0.272 e. The van der Waals surface area contributed by atoms with Gasteiger partial charge in [0.1, 0.15) is 0 Å². The summed E-state index contributed by atoms with van der Waals surface area (Å²) in [4.78, 5) is 17.1. The summed E-state index contributed by atoms with van der Waals surface area (Å²) in [5.74, 6) is -0.0795. The summed E-state index contributed by atoms with van der Waals surface area (Å²) in [5, 5.41) is 4.05. The molecule has 0 unspecified atom stereocenters. The first-order valence-electron chi connectivity index (χ1n) is 8.55. The molecular weight excluding hydrogens is 362 g/mol. The average molecular weight is 384 g/mol. The molecule has 1 aromatic heterocycles. The minimum absolute atomic E-state index is 0.0795. The van der Waals surface area contributed by atoms with Crippen LogP contribution in [0.5, 0.6) is 0 Å². The van der Waals surface area contributed by atoms with E-state index in [2.05, 4.69) is 33.7 Å². The number of nitrogens with one attached hydrogen (secondary N) is 1. The largest absolute Gasteiger partial charge is 0.272 e. The van der Waals surface area contributed by atoms with Crippen molar-refractivity contribution in [3.8, 4) is 0 Å². The Morgan fingerprint density at radius 2 is 1.92 bits per heavy atom. The zero-order valence-corrected chi connectivity index (χ0v) is 16.4. The summed E-state index contributed by atoms with van der Waals surface area (Å²) in [6.07, 6.45) is 1.45. The van der Waals surface area contributed by atoms with Crippen LogP contribution in [0.15, 0.2) is 64.0 Å². The number of fused-ring (bicyclic) bond motifs is 1. The second-order valence-corrected chi connectivity index (χ2v) is 8.43. The van der Waals surface area contributed by atoms with E-state index in [1.807, 2.05) is 50.2 Å². The van der Waals surface area contributed by atoms with Gasteiger partial charge in [-0.05, 0) is 31.0 Å². The van der Waals surface area contributed by atoms with E-state index in [4.69, 9.17) is 0 Å². The lowest BCUT2D eigenvalue weighted by atomic mass is 10.1. The molecular formula is C20H21N3OS2. The number of amides is 1. The highest BCUT2D eigenvalue weighted by Gasteiger charge is 2.19. The van der Waals surface area contributed by atoms with Crippen LogP contribution in [0.3, 0.4) is 0 Å². The van der Waals surface area contributed by atoms with Crippen molar-refractivity contribution in [3.05, 3.63) is 60.2 Å². The monoisotopic (exact) mass is 383 g/mol. The third kappa shape index (κ3) is 4.93. The molecule has 1 amide bonds. The number of thioether (sulfide) groups is 1. The number of para-hydroxylation sites is 1. The van der Waals surface area contributed by atoms with Gasteiger partial charge < -0.3 is 0 Å². The second kappa shape index (κ2) is 8.96. The first-order valence-corrected chi connectivity index (χ1v) is 10.2. The molecule has 0 aliphatic rings. The quantitative estimate of drug-likeness (QED) is 0.359. The summed E-state index contributed by atoms with van der Waals surface area (Å²) < 4.78 is 2.06. The first kappa shape index (κ1) is 18.6. The van der Waals surface area contributed by atoms with E-state index >= 15 is 0 Å². The van der Waals surface area contributed by atoms with Gasteiger partial charge in [0, 0.05) is 12.1 Å². The van der Waals surface area contributed by atoms with Crippen molar-refractivity contribution in [1.29, 1.82) is 0 Å². The van der Waals surface area contributed by atoms with E-state index in [0.717, 1.165) is 33.1 Å². The van der Waals surface area contributed by atoms with Gasteiger partial charge in [0.05, 0.1) is 15.5 Å². The number of hydrazone groups is 1. The lowest BCUT2D eigenvalue weighted by Crippen LogP contribution is -2.29. The van der Waals surface area contributed by atoms with Gasteiger partial charge in [0.25, 0.3) is 5.91 Å². The molecule has 0 bridgehead atoms. The number of hydrogen-bond acceptors (Lipinski definition) is 5. The van der Waals surface area contributed by atoms with Crippen molar-refractivity contribution in [2.45, 2.75) is 36.3 Å². The number of carbonyl (C=O) groups excluding carboxylic acids is 1. The molecule has 1 N–H and O–H groups in total. The fourth-order valence-electron chi connectivity index (χ4n) is 2.50. The van der Waals surface area contributed by atoms with E-state index < -0.39 is 0 Å². The fraction of sp³-hybridized carbons (Fsp3) is 0.250. The summed E-state index contributed by atoms with van der Waals surface area (Å²) in [6.45, 7) is 3.93. The number of aromatic nitrogens is 1. The van der Waals surface area contributed by atoms with Crippen molar-refractivity contribution in [2.75, 3.05) is 0 Å². The molecule has 2 aromatic carbocycles. The van der Waals surface area contributed by atoms with E-state index in [9.17, 15) is 4.79 Å². The van der Waals surface area contributed by atoms with Crippen LogP contribution in [0.2, 0.25) is 0 Å². The molecule has 26 heavy (non-hydrogen) atoms. The van der Waals surface area contributed by atoms with Gasteiger partial charge in [-0.2, -0.15) is 5.10 Å². The predicted molar refractivity (Wildman–Crippen MR) is 111 cm³/mol. The van der Waals surface area contributed by atoms with Crippen LogP contribution in [-0.4, -0.2) is 21.9 Å². The Labute approximate surface area is 161 Å². The lowest BCUT2D eigenvalue weighted by molar-refractivity contribution is -0.120. The van der Waals surface area contributed by atoms with Gasteiger partial charge in [-0.25, -0.2) is 10.4 Å². The molecule has 0 saturated heterocycles. The Morgan fingerprint density at radius 3 is 2.65 bits per heavy atom. The third-order valence-electron chi connectivity index (χ3n) is 3.84. The molecule has 0 spiro atoms. The minimum atomic E-state index is -0.205. The number of thiazole rings is 1. The van der Waals surface area contributed by atoms with Gasteiger partial charge in [0.2, 0.25) is 0 Å². The third-order valence-corrected chi connectivity index (χ3v) is 6.33. The molecule has 0 aliphatic heterocycles. The maximum Gasteiger partial charge on any atom is 0.253 e. The van der Waals surface area contributed by atoms with Crippen molar-refractivity contribution >= 4 is 44.9 Å². The maximum absolute atomic E-state index is 12.5. The number of benzene rings is 2. The fourth-order valence-corrected chi connectivity index (χ4v) is 4.73. The second-order valence-electron chi connectivity index (χ2n) is 5.95. The molecule has 134 valence electrons. The van der Waals surface area contributed by atoms with Crippen LogP contribution < -0.4 is 5.43 Å². The summed E-state index contributed by atoms with van der Waals surface area (Å²) in [5.41, 5.74) is 5.75. The molecule has 0 aliphatic carbocycles. The van der Waals surface area contributed by atoms with Gasteiger partial charge >= 0.3 is 0 Å². The van der Waals surface area contributed by atoms with Crippen molar-refractivity contribution < 1.29 is 4.79 Å². The number of hydrogen-bond donors (Lipinski definition) is 1. The standard InChI is InChI=1S/C20H21N3OS2/c1-3-17(25-20-21-16-11-7-8-12-18(16)26-20)19(24)23-22-14(2)13-15-9-5-4-6-10-15/h4-12,17H,3,13H2,1-2H3,(H,23,24)/b22-14-/t17-/m0/s1. The van der Waals surface area contributed by atoms with Gasteiger partial charge in [-0.3, -0.25) is 4.79 Å². The van der Waals surface area contributed by atoms with E-state index in [-0.39, 0.29) is 11.2 Å². The SMILES string of the molecule is CC[C@H](Sc1nc2ccccc2s1)C(=O)N/N=C(/C)Cc1ccccc1. The lowest BCUT2D eigenvalue weighted by Gasteiger charge is -2.11. The highest BCUT2D eigenvalue weighted by Crippen LogP contribution is 2.33. The van der Waals surface area contributed by atoms with Crippen molar-refractivity contribution in [2.24, 2.45) is 5.10 Å². The maximum atomic E-state index is 12.5. The van der Waals surface area contributed by atoms with E-state index in [1.165, 1.54) is 17.3 Å². The Morgan fingerprint density at radius 1 is 1.19 bits per heavy atom. The number of nitrogens with zero attached hydrogens (tertiary/aromatic N) is 2. The van der Waals surface area contributed by atoms with Crippen LogP contribution >= 0.6 is 23.1 Å². The molecule has 0 saturated carbocycles. The normalized spacial score (nSPS) is 12.9. The molecule has 0 fully saturated rings. The zero-order chi connectivity index (χ0) is 18.4. The van der Waals surface area contributed by atoms with Crippen LogP contribution in [0.25, 0.3) is 10.2 Å². The Kier molecular flexibility index (Phi) is 6.41. The number of carbonyl (C=O) groups is 1. The molecule has 4 nitrogen and oxygen atoms in total. The average Bonchev–Trinajstić information content (AvgIpc) is 3.07. The smallest absolute Gasteiger partial charge is 0.253 e. The summed E-state index contributed by atoms with van der Waals surface area (Å²) in [7, 11) is 0. The van der Waals surface area contributed by atoms with Crippen LogP contribution in [0.4, 0.5) is 0 Å². The molecule has 3 aromatic rings. The highest BCUT2D eigenvalue weighted by molar-refractivity contribution is 8.02. The first-order chi connectivity index (χ1) is 12.7. The van der Waals surface area contributed by atoms with Gasteiger partial charge in [-0.1, -0.05) is 61.2 Å². The number of rotatable bonds is 7. The molecule has 1 atom stereocenters. The zero-order valence-electron chi connectivity index (χ0n) is 14.8. The Balaban J connectivity index is 1.60. The topological polar surface area (TPSA) is 54.4 Å². The van der Waals surface area contributed by atoms with E-state index in [1.54, 1.807) is 11.3 Å². The Hall–Kier alpha value is -2.18. The van der Waals surface area contributed by atoms with Crippen LogP contribution in [-0.2, 0) is 11.2 Å². The van der Waals surface area contributed by atoms with Crippen LogP contribution in [0.1, 0.15) is 25.8 Å². The predicted octanol–water partition coefficient (Wildman–Crippen LogP) is 4.90. The molecule has 3 rings (SSSR count). The Bertz CT molecular complexity index is 873.